The van der Waals surface area contributed by atoms with Crippen molar-refractivity contribution in [3.63, 3.8) is 0 Å². The average Bonchev–Trinajstić information content (AvgIpc) is 2.35. The molecule has 13 heavy (non-hydrogen) atoms. The third kappa shape index (κ3) is 0.587. The van der Waals surface area contributed by atoms with Gasteiger partial charge in [-0.1, -0.05) is 20.8 Å². The molecule has 1 nitrogen and oxygen atoms in total. The van der Waals surface area contributed by atoms with Gasteiger partial charge in [0.15, 0.2) is 0 Å². The Morgan fingerprint density at radius 1 is 1.23 bits per heavy atom. The molecule has 0 aromatic rings. The molecule has 3 aliphatic carbocycles. The van der Waals surface area contributed by atoms with Gasteiger partial charge in [0.2, 0.25) is 0 Å². The van der Waals surface area contributed by atoms with E-state index in [0.29, 0.717) is 16.7 Å². The van der Waals surface area contributed by atoms with Gasteiger partial charge >= 0.3 is 0 Å². The molecule has 0 radical (unpaired) electrons. The van der Waals surface area contributed by atoms with Crippen LogP contribution >= 0.6 is 0 Å². The van der Waals surface area contributed by atoms with Gasteiger partial charge in [-0.3, -0.25) is 0 Å². The van der Waals surface area contributed by atoms with Gasteiger partial charge < -0.3 is 5.11 Å². The topological polar surface area (TPSA) is 20.2 Å². The molecule has 74 valence electrons. The third-order valence-corrected chi connectivity index (χ3v) is 5.81. The molecule has 0 unspecified atom stereocenters. The summed E-state index contributed by atoms with van der Waals surface area (Å²) in [5.41, 5.74) is 1.07. The van der Waals surface area contributed by atoms with Crippen LogP contribution in [0.15, 0.2) is 0 Å². The summed E-state index contributed by atoms with van der Waals surface area (Å²) >= 11 is 0. The van der Waals surface area contributed by atoms with Crippen LogP contribution in [-0.4, -0.2) is 11.2 Å². The normalized spacial score (nSPS) is 69.2. The van der Waals surface area contributed by atoms with Crippen molar-refractivity contribution in [3.05, 3.63) is 0 Å². The number of aliphatic hydroxyl groups excluding tert-OH is 1. The number of fused-ring (bicyclic) bond motifs is 1. The van der Waals surface area contributed by atoms with E-state index >= 15 is 0 Å². The minimum absolute atomic E-state index is 0.0164. The number of rotatable bonds is 0. The predicted molar refractivity (Wildman–Crippen MR) is 52.2 cm³/mol. The van der Waals surface area contributed by atoms with Crippen LogP contribution in [0.3, 0.4) is 0 Å². The summed E-state index contributed by atoms with van der Waals surface area (Å²) in [6.45, 7) is 7.18. The van der Waals surface area contributed by atoms with Gasteiger partial charge in [-0.15, -0.1) is 0 Å². The van der Waals surface area contributed by atoms with E-state index in [1.54, 1.807) is 0 Å². The highest BCUT2D eigenvalue weighted by Crippen LogP contribution is 2.86. The highest BCUT2D eigenvalue weighted by atomic mass is 16.3. The molecule has 0 saturated heterocycles. The summed E-state index contributed by atoms with van der Waals surface area (Å²) in [7, 11) is 0. The summed E-state index contributed by atoms with van der Waals surface area (Å²) in [5, 5.41) is 9.99. The quantitative estimate of drug-likeness (QED) is 0.607. The zero-order valence-electron chi connectivity index (χ0n) is 8.88. The first-order valence-electron chi connectivity index (χ1n) is 5.73. The molecule has 1 spiro atoms. The molecular formula is C12H20O. The highest BCUT2D eigenvalue weighted by molar-refractivity contribution is 5.31. The average molecular weight is 180 g/mol. The van der Waals surface area contributed by atoms with Crippen LogP contribution < -0.4 is 0 Å². The van der Waals surface area contributed by atoms with E-state index in [9.17, 15) is 5.11 Å². The maximum Gasteiger partial charge on any atom is 0.0582 e. The Kier molecular flexibility index (Phi) is 1.26. The van der Waals surface area contributed by atoms with Crippen molar-refractivity contribution in [3.8, 4) is 0 Å². The van der Waals surface area contributed by atoms with Gasteiger partial charge in [-0.2, -0.15) is 0 Å². The molecule has 0 bridgehead atoms. The fraction of sp³-hybridized carbons (Fsp3) is 1.00. The fourth-order valence-electron chi connectivity index (χ4n) is 5.57. The Hall–Kier alpha value is -0.0400. The van der Waals surface area contributed by atoms with E-state index in [4.69, 9.17) is 0 Å². The van der Waals surface area contributed by atoms with Gasteiger partial charge in [-0.25, -0.2) is 0 Å². The molecule has 0 aliphatic heterocycles. The van der Waals surface area contributed by atoms with Crippen LogP contribution in [0.2, 0.25) is 0 Å². The van der Waals surface area contributed by atoms with Crippen LogP contribution in [0.1, 0.15) is 40.0 Å². The lowest BCUT2D eigenvalue weighted by atomic mass is 9.79. The summed E-state index contributed by atoms with van der Waals surface area (Å²) in [5.74, 6) is 2.27. The summed E-state index contributed by atoms with van der Waals surface area (Å²) in [6, 6.07) is 0. The lowest BCUT2D eigenvalue weighted by molar-refractivity contribution is 0.123. The van der Waals surface area contributed by atoms with E-state index < -0.39 is 0 Å². The van der Waals surface area contributed by atoms with Crippen LogP contribution in [0, 0.1) is 28.6 Å². The maximum absolute atomic E-state index is 9.99. The molecular weight excluding hydrogens is 160 g/mol. The second-order valence-corrected chi connectivity index (χ2v) is 5.97. The first-order valence-corrected chi connectivity index (χ1v) is 5.73. The molecule has 1 heteroatoms. The lowest BCUT2D eigenvalue weighted by Gasteiger charge is -2.25. The van der Waals surface area contributed by atoms with Crippen molar-refractivity contribution in [2.75, 3.05) is 0 Å². The highest BCUT2D eigenvalue weighted by Gasteiger charge is 2.83. The molecule has 0 amide bonds. The number of aliphatic hydroxyl groups is 1. The van der Waals surface area contributed by atoms with E-state index in [1.165, 1.54) is 12.8 Å². The summed E-state index contributed by atoms with van der Waals surface area (Å²) < 4.78 is 0. The Morgan fingerprint density at radius 3 is 2.46 bits per heavy atom. The second-order valence-electron chi connectivity index (χ2n) is 5.97. The molecule has 0 heterocycles. The Morgan fingerprint density at radius 2 is 1.92 bits per heavy atom. The fourth-order valence-corrected chi connectivity index (χ4v) is 5.57. The van der Waals surface area contributed by atoms with Crippen LogP contribution in [-0.2, 0) is 0 Å². The summed E-state index contributed by atoms with van der Waals surface area (Å²) in [4.78, 5) is 0. The Bertz CT molecular complexity index is 262. The van der Waals surface area contributed by atoms with Crippen molar-refractivity contribution in [2.24, 2.45) is 28.6 Å². The van der Waals surface area contributed by atoms with E-state index in [2.05, 4.69) is 20.8 Å². The smallest absolute Gasteiger partial charge is 0.0582 e. The third-order valence-electron chi connectivity index (χ3n) is 5.81. The predicted octanol–water partition coefficient (Wildman–Crippen LogP) is 2.44. The second kappa shape index (κ2) is 1.98. The van der Waals surface area contributed by atoms with Crippen LogP contribution in [0.4, 0.5) is 0 Å². The van der Waals surface area contributed by atoms with Crippen molar-refractivity contribution < 1.29 is 5.11 Å². The van der Waals surface area contributed by atoms with Crippen molar-refractivity contribution >= 4 is 0 Å². The standard InChI is InChI=1S/C12H20O/c1-7-4-5-11(3)10-9(13)6-8(2)12(7,10)11/h7-10,13H,4-6H2,1-3H3/t7-,8-,9-,10-,11-,12-/m1/s1. The largest absolute Gasteiger partial charge is 0.393 e. The van der Waals surface area contributed by atoms with Crippen molar-refractivity contribution in [1.82, 2.24) is 0 Å². The van der Waals surface area contributed by atoms with Crippen LogP contribution in [0.5, 0.6) is 0 Å². The van der Waals surface area contributed by atoms with Crippen molar-refractivity contribution in [2.45, 2.75) is 46.1 Å². The molecule has 3 saturated carbocycles. The van der Waals surface area contributed by atoms with E-state index in [-0.39, 0.29) is 6.10 Å². The minimum Gasteiger partial charge on any atom is -0.393 e. The zero-order chi connectivity index (χ0) is 9.43. The Labute approximate surface area is 80.5 Å². The SMILES string of the molecule is C[C@@H]1CC[C@]2(C)[C@H]3[C@H](O)C[C@@H](C)[C@]132. The van der Waals surface area contributed by atoms with Crippen LogP contribution in [0.25, 0.3) is 0 Å². The summed E-state index contributed by atoms with van der Waals surface area (Å²) in [6.07, 6.45) is 3.83. The number of hydrogen-bond acceptors (Lipinski definition) is 1. The monoisotopic (exact) mass is 180 g/mol. The molecule has 3 aliphatic rings. The zero-order valence-corrected chi connectivity index (χ0v) is 8.88. The van der Waals surface area contributed by atoms with Crippen molar-refractivity contribution in [1.29, 1.82) is 0 Å². The first kappa shape index (κ1) is 8.28. The molecule has 6 atom stereocenters. The van der Waals surface area contributed by atoms with E-state index in [1.807, 2.05) is 0 Å². The lowest BCUT2D eigenvalue weighted by Crippen LogP contribution is -2.20. The first-order chi connectivity index (χ1) is 6.05. The molecule has 3 rings (SSSR count). The van der Waals surface area contributed by atoms with Gasteiger partial charge in [0.25, 0.3) is 0 Å². The van der Waals surface area contributed by atoms with Gasteiger partial charge in [-0.05, 0) is 47.8 Å². The maximum atomic E-state index is 9.99. The molecule has 0 aromatic carbocycles. The Balaban J connectivity index is 2.06. The van der Waals surface area contributed by atoms with Gasteiger partial charge in [0.1, 0.15) is 0 Å². The van der Waals surface area contributed by atoms with E-state index in [0.717, 1.165) is 18.3 Å². The molecule has 3 fully saturated rings. The number of hydrogen-bond donors (Lipinski definition) is 1. The molecule has 1 N–H and O–H groups in total. The van der Waals surface area contributed by atoms with Gasteiger partial charge in [0.05, 0.1) is 6.10 Å². The molecule has 0 aromatic heterocycles. The van der Waals surface area contributed by atoms with Gasteiger partial charge in [0, 0.05) is 0 Å². The minimum atomic E-state index is 0.0164.